The topological polar surface area (TPSA) is 67.9 Å². The lowest BCUT2D eigenvalue weighted by Crippen LogP contribution is -2.41. The molecular weight excluding hydrogens is 344 g/mol. The van der Waals surface area contributed by atoms with Crippen molar-refractivity contribution in [2.75, 3.05) is 31.7 Å². The van der Waals surface area contributed by atoms with Gasteiger partial charge in [-0.05, 0) is 49.2 Å². The molecule has 0 heterocycles. The van der Waals surface area contributed by atoms with Crippen LogP contribution in [0.3, 0.4) is 0 Å². The van der Waals surface area contributed by atoms with Crippen molar-refractivity contribution >= 4 is 17.5 Å². The fourth-order valence-electron chi connectivity index (χ4n) is 2.81. The molecule has 1 N–H and O–H groups in total. The number of hydrogen-bond acceptors (Lipinski definition) is 4. The number of carbonyl (C=O) groups excluding carboxylic acids is 2. The van der Waals surface area contributed by atoms with Gasteiger partial charge in [0.25, 0.3) is 0 Å². The molecule has 0 fully saturated rings. The van der Waals surface area contributed by atoms with Crippen LogP contribution in [-0.2, 0) is 9.59 Å². The lowest BCUT2D eigenvalue weighted by atomic mass is 10.1. The monoisotopic (exact) mass is 370 g/mol. The van der Waals surface area contributed by atoms with E-state index in [2.05, 4.69) is 5.32 Å². The highest BCUT2D eigenvalue weighted by Crippen LogP contribution is 2.24. The number of nitrogens with one attached hydrogen (secondary N) is 1. The largest absolute Gasteiger partial charge is 0.497 e. The van der Waals surface area contributed by atoms with Gasteiger partial charge in [-0.3, -0.25) is 9.59 Å². The van der Waals surface area contributed by atoms with E-state index in [-0.39, 0.29) is 18.4 Å². The number of anilines is 1. The summed E-state index contributed by atoms with van der Waals surface area (Å²) in [5.74, 6) is 1.06. The molecule has 0 aliphatic rings. The maximum absolute atomic E-state index is 12.3. The van der Waals surface area contributed by atoms with E-state index in [0.717, 1.165) is 22.6 Å². The lowest BCUT2D eigenvalue weighted by molar-refractivity contribution is -0.123. The van der Waals surface area contributed by atoms with Crippen molar-refractivity contribution in [2.24, 2.45) is 0 Å². The Morgan fingerprint density at radius 1 is 1.00 bits per heavy atom. The van der Waals surface area contributed by atoms with E-state index in [1.165, 1.54) is 11.8 Å². The number of amides is 2. The number of carbonyl (C=O) groups is 2. The van der Waals surface area contributed by atoms with Gasteiger partial charge in [-0.25, -0.2) is 0 Å². The number of methoxy groups -OCH3 is 1. The number of benzene rings is 2. The first-order valence-corrected chi connectivity index (χ1v) is 8.80. The van der Waals surface area contributed by atoms with Gasteiger partial charge in [0.1, 0.15) is 24.7 Å². The molecule has 27 heavy (non-hydrogen) atoms. The van der Waals surface area contributed by atoms with Gasteiger partial charge < -0.3 is 19.7 Å². The molecule has 0 aliphatic carbocycles. The van der Waals surface area contributed by atoms with Gasteiger partial charge in [0, 0.05) is 6.92 Å². The van der Waals surface area contributed by atoms with Crippen molar-refractivity contribution < 1.29 is 19.1 Å². The zero-order valence-electron chi connectivity index (χ0n) is 16.2. The quantitative estimate of drug-likeness (QED) is 0.726. The standard InChI is InChI=1S/C21H26N2O4/c1-15-6-5-7-16(2)21(15)23(17(3)24)14-20(25)22-12-13-27-19-10-8-18(26-4)9-11-19/h5-11H,12-14H2,1-4H3,(H,22,25). The van der Waals surface area contributed by atoms with Gasteiger partial charge >= 0.3 is 0 Å². The van der Waals surface area contributed by atoms with E-state index in [4.69, 9.17) is 9.47 Å². The maximum Gasteiger partial charge on any atom is 0.240 e. The van der Waals surface area contributed by atoms with Crippen LogP contribution in [0.15, 0.2) is 42.5 Å². The lowest BCUT2D eigenvalue weighted by Gasteiger charge is -2.24. The van der Waals surface area contributed by atoms with E-state index in [1.54, 1.807) is 19.2 Å². The van der Waals surface area contributed by atoms with E-state index < -0.39 is 0 Å². The van der Waals surface area contributed by atoms with Crippen LogP contribution < -0.4 is 19.7 Å². The Morgan fingerprint density at radius 2 is 1.59 bits per heavy atom. The van der Waals surface area contributed by atoms with Crippen molar-refractivity contribution in [2.45, 2.75) is 20.8 Å². The van der Waals surface area contributed by atoms with Gasteiger partial charge in [0.2, 0.25) is 11.8 Å². The Kier molecular flexibility index (Phi) is 7.23. The Morgan fingerprint density at radius 3 is 2.15 bits per heavy atom. The van der Waals surface area contributed by atoms with Crippen molar-refractivity contribution in [3.63, 3.8) is 0 Å². The summed E-state index contributed by atoms with van der Waals surface area (Å²) in [5, 5.41) is 2.79. The first-order chi connectivity index (χ1) is 12.9. The van der Waals surface area contributed by atoms with Crippen LogP contribution in [-0.4, -0.2) is 38.6 Å². The van der Waals surface area contributed by atoms with E-state index >= 15 is 0 Å². The second-order valence-electron chi connectivity index (χ2n) is 6.22. The molecule has 0 radical (unpaired) electrons. The molecule has 0 unspecified atom stereocenters. The SMILES string of the molecule is COc1ccc(OCCNC(=O)CN(C(C)=O)c2c(C)cccc2C)cc1. The molecule has 0 bridgehead atoms. The van der Waals surface area contributed by atoms with E-state index in [1.807, 2.05) is 44.2 Å². The van der Waals surface area contributed by atoms with Gasteiger partial charge in [0.05, 0.1) is 19.3 Å². The summed E-state index contributed by atoms with van der Waals surface area (Å²) >= 11 is 0. The molecule has 2 amide bonds. The Bertz CT molecular complexity index is 767. The average molecular weight is 370 g/mol. The zero-order valence-corrected chi connectivity index (χ0v) is 16.2. The third-order valence-electron chi connectivity index (χ3n) is 4.14. The van der Waals surface area contributed by atoms with E-state index in [9.17, 15) is 9.59 Å². The van der Waals surface area contributed by atoms with Crippen LogP contribution in [0.25, 0.3) is 0 Å². The van der Waals surface area contributed by atoms with Crippen molar-refractivity contribution in [3.05, 3.63) is 53.6 Å². The van der Waals surface area contributed by atoms with Crippen molar-refractivity contribution in [3.8, 4) is 11.5 Å². The summed E-state index contributed by atoms with van der Waals surface area (Å²) in [7, 11) is 1.61. The number of rotatable bonds is 8. The second-order valence-corrected chi connectivity index (χ2v) is 6.22. The maximum atomic E-state index is 12.3. The Hall–Kier alpha value is -3.02. The van der Waals surface area contributed by atoms with E-state index in [0.29, 0.717) is 18.9 Å². The summed E-state index contributed by atoms with van der Waals surface area (Å²) in [6.45, 7) is 5.98. The molecule has 2 aromatic rings. The highest BCUT2D eigenvalue weighted by atomic mass is 16.5. The summed E-state index contributed by atoms with van der Waals surface area (Å²) in [4.78, 5) is 25.8. The Labute approximate surface area is 160 Å². The number of ether oxygens (including phenoxy) is 2. The fraction of sp³-hybridized carbons (Fsp3) is 0.333. The first kappa shape index (κ1) is 20.3. The molecular formula is C21H26N2O4. The molecule has 144 valence electrons. The highest BCUT2D eigenvalue weighted by molar-refractivity contribution is 5.98. The first-order valence-electron chi connectivity index (χ1n) is 8.80. The Balaban J connectivity index is 1.86. The minimum absolute atomic E-state index is 0.0242. The molecule has 0 aliphatic heterocycles. The summed E-state index contributed by atoms with van der Waals surface area (Å²) in [6.07, 6.45) is 0. The van der Waals surface area contributed by atoms with Crippen LogP contribution in [0, 0.1) is 13.8 Å². The summed E-state index contributed by atoms with van der Waals surface area (Å²) in [5.41, 5.74) is 2.70. The van der Waals surface area contributed by atoms with Crippen LogP contribution >= 0.6 is 0 Å². The second kappa shape index (κ2) is 9.62. The molecule has 6 nitrogen and oxygen atoms in total. The minimum Gasteiger partial charge on any atom is -0.497 e. The summed E-state index contributed by atoms with van der Waals surface area (Å²) in [6, 6.07) is 13.0. The minimum atomic E-state index is -0.230. The van der Waals surface area contributed by atoms with Crippen LogP contribution in [0.2, 0.25) is 0 Å². The predicted molar refractivity (Wildman–Crippen MR) is 105 cm³/mol. The van der Waals surface area contributed by atoms with Gasteiger partial charge in [0.15, 0.2) is 0 Å². The number of para-hydroxylation sites is 1. The molecule has 0 aromatic heterocycles. The van der Waals surface area contributed by atoms with Crippen molar-refractivity contribution in [1.82, 2.24) is 5.32 Å². The van der Waals surface area contributed by atoms with Crippen LogP contribution in [0.4, 0.5) is 5.69 Å². The van der Waals surface area contributed by atoms with Crippen molar-refractivity contribution in [1.29, 1.82) is 0 Å². The molecule has 0 saturated carbocycles. The molecule has 0 spiro atoms. The number of hydrogen-bond donors (Lipinski definition) is 1. The number of aryl methyl sites for hydroxylation is 2. The summed E-state index contributed by atoms with van der Waals surface area (Å²) < 4.78 is 10.7. The van der Waals surface area contributed by atoms with Crippen LogP contribution in [0.5, 0.6) is 11.5 Å². The highest BCUT2D eigenvalue weighted by Gasteiger charge is 2.19. The van der Waals surface area contributed by atoms with Gasteiger partial charge in [-0.1, -0.05) is 18.2 Å². The van der Waals surface area contributed by atoms with Gasteiger partial charge in [-0.2, -0.15) is 0 Å². The average Bonchev–Trinajstić information content (AvgIpc) is 2.64. The molecule has 6 heteroatoms. The van der Waals surface area contributed by atoms with Crippen LogP contribution in [0.1, 0.15) is 18.1 Å². The predicted octanol–water partition coefficient (Wildman–Crippen LogP) is 2.86. The smallest absolute Gasteiger partial charge is 0.240 e. The third-order valence-corrected chi connectivity index (χ3v) is 4.14. The molecule has 2 rings (SSSR count). The number of nitrogens with zero attached hydrogens (tertiary/aromatic N) is 1. The normalized spacial score (nSPS) is 10.2. The molecule has 0 atom stereocenters. The molecule has 0 saturated heterocycles. The fourth-order valence-corrected chi connectivity index (χ4v) is 2.81. The third kappa shape index (κ3) is 5.74. The van der Waals surface area contributed by atoms with Gasteiger partial charge in [-0.15, -0.1) is 0 Å². The molecule has 2 aromatic carbocycles. The zero-order chi connectivity index (χ0) is 19.8.